The first kappa shape index (κ1) is 18.8. The van der Waals surface area contributed by atoms with E-state index < -0.39 is 0 Å². The van der Waals surface area contributed by atoms with Crippen molar-refractivity contribution in [1.29, 1.82) is 0 Å². The van der Waals surface area contributed by atoms with Gasteiger partial charge in [0.15, 0.2) is 5.09 Å². The summed E-state index contributed by atoms with van der Waals surface area (Å²) in [4.78, 5) is 15.0. The number of rotatable bonds is 5. The fourth-order valence-electron chi connectivity index (χ4n) is 3.35. The first-order chi connectivity index (χ1) is 13.2. The summed E-state index contributed by atoms with van der Waals surface area (Å²) >= 11 is 8.58. The molecule has 1 amide bonds. The smallest absolute Gasteiger partial charge is 0.266 e. The van der Waals surface area contributed by atoms with Crippen LogP contribution in [0.2, 0.25) is 0 Å². The van der Waals surface area contributed by atoms with Crippen molar-refractivity contribution in [3.8, 4) is 0 Å². The average Bonchev–Trinajstić information content (AvgIpc) is 3.23. The summed E-state index contributed by atoms with van der Waals surface area (Å²) in [6, 6.07) is 13.9. The van der Waals surface area contributed by atoms with E-state index in [1.165, 1.54) is 43.9 Å². The zero-order valence-electron chi connectivity index (χ0n) is 14.9. The van der Waals surface area contributed by atoms with Gasteiger partial charge in [0.2, 0.25) is 0 Å². The molecule has 1 aromatic carbocycles. The Balaban J connectivity index is 1.43. The Hall–Kier alpha value is -1.50. The number of carbonyl (C=O) groups excluding carboxylic acids is 1. The number of nitrogens with zero attached hydrogens (tertiary/aromatic N) is 1. The van der Waals surface area contributed by atoms with Gasteiger partial charge in [-0.3, -0.25) is 9.69 Å². The molecule has 0 atom stereocenters. The van der Waals surface area contributed by atoms with E-state index in [0.29, 0.717) is 26.8 Å². The molecule has 2 heterocycles. The number of thiocarbonyl (C=S) groups is 1. The number of amides is 1. The highest BCUT2D eigenvalue weighted by molar-refractivity contribution is 8.26. The van der Waals surface area contributed by atoms with E-state index in [0.717, 1.165) is 10.7 Å². The topological polar surface area (TPSA) is 33.5 Å². The standard InChI is InChI=1S/C21H21NO2S3/c23-20-18(27-21(25)22(20)14-15-7-3-1-4-8-15)13-16-11-12-19(24-16)26-17-9-5-2-6-10-17/h1,3-4,7-8,11-13,17H,2,5-6,9-10,14H2. The average molecular weight is 416 g/mol. The molecule has 0 unspecified atom stereocenters. The van der Waals surface area contributed by atoms with E-state index >= 15 is 0 Å². The van der Waals surface area contributed by atoms with Crippen LogP contribution in [0.25, 0.3) is 6.08 Å². The van der Waals surface area contributed by atoms with Crippen LogP contribution in [0.5, 0.6) is 0 Å². The maximum absolute atomic E-state index is 12.8. The number of furan rings is 1. The maximum atomic E-state index is 12.8. The van der Waals surface area contributed by atoms with Crippen molar-refractivity contribution in [2.75, 3.05) is 0 Å². The Morgan fingerprint density at radius 2 is 1.93 bits per heavy atom. The second-order valence-corrected chi connectivity index (χ2v) is 9.77. The molecular weight excluding hydrogens is 394 g/mol. The molecular formula is C21H21NO2S3. The van der Waals surface area contributed by atoms with E-state index in [9.17, 15) is 4.79 Å². The molecule has 1 aliphatic heterocycles. The van der Waals surface area contributed by atoms with Gasteiger partial charge in [-0.2, -0.15) is 0 Å². The van der Waals surface area contributed by atoms with Gasteiger partial charge in [-0.25, -0.2) is 0 Å². The lowest BCUT2D eigenvalue weighted by Gasteiger charge is -2.19. The van der Waals surface area contributed by atoms with Crippen molar-refractivity contribution in [3.05, 3.63) is 58.7 Å². The first-order valence-electron chi connectivity index (χ1n) is 9.25. The Labute approximate surface area is 173 Å². The van der Waals surface area contributed by atoms with Crippen LogP contribution in [-0.2, 0) is 11.3 Å². The predicted molar refractivity (Wildman–Crippen MR) is 117 cm³/mol. The lowest BCUT2D eigenvalue weighted by Crippen LogP contribution is -2.27. The fourth-order valence-corrected chi connectivity index (χ4v) is 5.78. The van der Waals surface area contributed by atoms with Gasteiger partial charge in [0, 0.05) is 11.3 Å². The molecule has 2 aromatic rings. The van der Waals surface area contributed by atoms with Crippen LogP contribution < -0.4 is 0 Å². The second-order valence-electron chi connectivity index (χ2n) is 6.79. The molecule has 2 fully saturated rings. The third-order valence-corrected chi connectivity index (χ3v) is 7.40. The molecule has 4 rings (SSSR count). The number of thioether (sulfide) groups is 2. The molecule has 3 nitrogen and oxygen atoms in total. The van der Waals surface area contributed by atoms with E-state index in [-0.39, 0.29) is 5.91 Å². The zero-order valence-corrected chi connectivity index (χ0v) is 17.4. The molecule has 1 saturated heterocycles. The van der Waals surface area contributed by atoms with Gasteiger partial charge >= 0.3 is 0 Å². The number of carbonyl (C=O) groups is 1. The Morgan fingerprint density at radius 1 is 1.15 bits per heavy atom. The first-order valence-corrected chi connectivity index (χ1v) is 11.4. The zero-order chi connectivity index (χ0) is 18.6. The summed E-state index contributed by atoms with van der Waals surface area (Å²) in [6.07, 6.45) is 8.32. The Kier molecular flexibility index (Phi) is 6.05. The van der Waals surface area contributed by atoms with E-state index in [1.807, 2.05) is 60.3 Å². The molecule has 0 radical (unpaired) electrons. The lowest BCUT2D eigenvalue weighted by atomic mass is 10.0. The molecule has 2 aliphatic rings. The van der Waals surface area contributed by atoms with E-state index in [2.05, 4.69) is 0 Å². The summed E-state index contributed by atoms with van der Waals surface area (Å²) in [5, 5.41) is 1.59. The minimum absolute atomic E-state index is 0.0493. The van der Waals surface area contributed by atoms with Gasteiger partial charge in [0.05, 0.1) is 11.4 Å². The van der Waals surface area contributed by atoms with Crippen LogP contribution in [0, 0.1) is 0 Å². The fraction of sp³-hybridized carbons (Fsp3) is 0.333. The molecule has 1 aliphatic carbocycles. The summed E-state index contributed by atoms with van der Waals surface area (Å²) in [6.45, 7) is 0.504. The molecule has 1 aromatic heterocycles. The Bertz CT molecular complexity index is 853. The minimum Gasteiger partial charge on any atom is -0.450 e. The molecule has 0 N–H and O–H groups in total. The van der Waals surface area contributed by atoms with Crippen LogP contribution in [0.3, 0.4) is 0 Å². The quantitative estimate of drug-likeness (QED) is 0.435. The Morgan fingerprint density at radius 3 is 2.70 bits per heavy atom. The van der Waals surface area contributed by atoms with Gasteiger partial charge in [-0.1, -0.05) is 85.3 Å². The summed E-state index contributed by atoms with van der Waals surface area (Å²) in [5.41, 5.74) is 1.07. The molecule has 1 saturated carbocycles. The highest BCUT2D eigenvalue weighted by Crippen LogP contribution is 2.37. The second kappa shape index (κ2) is 8.67. The van der Waals surface area contributed by atoms with Crippen molar-refractivity contribution in [2.24, 2.45) is 0 Å². The third kappa shape index (κ3) is 4.68. The maximum Gasteiger partial charge on any atom is 0.266 e. The minimum atomic E-state index is -0.0493. The van der Waals surface area contributed by atoms with Gasteiger partial charge in [-0.05, 0) is 30.5 Å². The SMILES string of the molecule is O=C1C(=Cc2ccc(SC3CCCCC3)o2)SC(=S)N1Cc1ccccc1. The van der Waals surface area contributed by atoms with Crippen LogP contribution in [-0.4, -0.2) is 20.4 Å². The molecule has 27 heavy (non-hydrogen) atoms. The lowest BCUT2D eigenvalue weighted by molar-refractivity contribution is -0.122. The normalized spacial score (nSPS) is 20.0. The number of benzene rings is 1. The van der Waals surface area contributed by atoms with Crippen molar-refractivity contribution >= 4 is 52.0 Å². The summed E-state index contributed by atoms with van der Waals surface area (Å²) in [7, 11) is 0. The highest BCUT2D eigenvalue weighted by atomic mass is 32.2. The third-order valence-electron chi connectivity index (χ3n) is 4.77. The van der Waals surface area contributed by atoms with Crippen LogP contribution in [0.15, 0.2) is 56.9 Å². The number of hydrogen-bond donors (Lipinski definition) is 0. The predicted octanol–water partition coefficient (Wildman–Crippen LogP) is 6.11. The van der Waals surface area contributed by atoms with Gasteiger partial charge in [-0.15, -0.1) is 0 Å². The van der Waals surface area contributed by atoms with Gasteiger partial charge < -0.3 is 4.42 Å². The molecule has 6 heteroatoms. The van der Waals surface area contributed by atoms with Crippen molar-refractivity contribution in [2.45, 2.75) is 49.0 Å². The monoisotopic (exact) mass is 415 g/mol. The van der Waals surface area contributed by atoms with Crippen LogP contribution in [0.4, 0.5) is 0 Å². The van der Waals surface area contributed by atoms with Gasteiger partial charge in [0.25, 0.3) is 5.91 Å². The summed E-state index contributed by atoms with van der Waals surface area (Å²) in [5.74, 6) is 0.667. The van der Waals surface area contributed by atoms with E-state index in [1.54, 1.807) is 4.90 Å². The highest BCUT2D eigenvalue weighted by Gasteiger charge is 2.32. The summed E-state index contributed by atoms with van der Waals surface area (Å²) < 4.78 is 6.54. The van der Waals surface area contributed by atoms with Crippen molar-refractivity contribution in [3.63, 3.8) is 0 Å². The van der Waals surface area contributed by atoms with Gasteiger partial charge in [0.1, 0.15) is 10.1 Å². The van der Waals surface area contributed by atoms with Crippen molar-refractivity contribution < 1.29 is 9.21 Å². The van der Waals surface area contributed by atoms with E-state index in [4.69, 9.17) is 16.6 Å². The molecule has 0 spiro atoms. The molecule has 140 valence electrons. The largest absolute Gasteiger partial charge is 0.450 e. The van der Waals surface area contributed by atoms with Crippen molar-refractivity contribution in [1.82, 2.24) is 4.90 Å². The number of hydrogen-bond acceptors (Lipinski definition) is 5. The van der Waals surface area contributed by atoms with Crippen LogP contribution >= 0.6 is 35.7 Å². The molecule has 0 bridgehead atoms. The van der Waals surface area contributed by atoms with Crippen LogP contribution in [0.1, 0.15) is 43.4 Å².